The molecular weight excluding hydrogens is 312 g/mol. The van der Waals surface area contributed by atoms with Gasteiger partial charge in [-0.1, -0.05) is 41.9 Å². The Balaban J connectivity index is 1.76. The number of hydrogen-bond donors (Lipinski definition) is 2. The maximum atomic E-state index is 11.9. The van der Waals surface area contributed by atoms with Gasteiger partial charge in [-0.2, -0.15) is 0 Å². The minimum atomic E-state index is -0.0997. The van der Waals surface area contributed by atoms with Crippen LogP contribution in [0.3, 0.4) is 0 Å². The molecule has 0 saturated heterocycles. The first-order chi connectivity index (χ1) is 11.1. The second-order valence-electron chi connectivity index (χ2n) is 5.20. The molecule has 0 fully saturated rings. The number of halogens is 1. The maximum Gasteiger partial charge on any atom is 0.225 e. The predicted molar refractivity (Wildman–Crippen MR) is 92.9 cm³/mol. The second-order valence-corrected chi connectivity index (χ2v) is 5.61. The van der Waals surface area contributed by atoms with Crippen LogP contribution in [0.15, 0.2) is 48.5 Å². The van der Waals surface area contributed by atoms with E-state index in [4.69, 9.17) is 11.6 Å². The lowest BCUT2D eigenvalue weighted by molar-refractivity contribution is -0.116. The zero-order chi connectivity index (χ0) is 16.7. The summed E-state index contributed by atoms with van der Waals surface area (Å²) < 4.78 is 0. The molecule has 0 saturated carbocycles. The van der Waals surface area contributed by atoms with Crippen molar-refractivity contribution < 1.29 is 9.59 Å². The number of hydrogen-bond acceptors (Lipinski definition) is 3. The lowest BCUT2D eigenvalue weighted by atomic mass is 10.1. The summed E-state index contributed by atoms with van der Waals surface area (Å²) >= 11 is 6.07. The first-order valence-corrected chi connectivity index (χ1v) is 7.79. The van der Waals surface area contributed by atoms with E-state index in [0.717, 1.165) is 5.56 Å². The quantitative estimate of drug-likeness (QED) is 0.601. The van der Waals surface area contributed by atoms with E-state index in [1.165, 1.54) is 6.92 Å². The van der Waals surface area contributed by atoms with Crippen LogP contribution in [0.25, 0.3) is 0 Å². The summed E-state index contributed by atoms with van der Waals surface area (Å²) in [6.07, 6.45) is 0.342. The number of benzene rings is 2. The third-order valence-electron chi connectivity index (χ3n) is 3.35. The molecule has 0 heterocycles. The van der Waals surface area contributed by atoms with Crippen LogP contribution in [0.1, 0.15) is 29.3 Å². The van der Waals surface area contributed by atoms with Crippen LogP contribution in [0.5, 0.6) is 0 Å². The van der Waals surface area contributed by atoms with Gasteiger partial charge in [-0.15, -0.1) is 0 Å². The van der Waals surface area contributed by atoms with Crippen molar-refractivity contribution >= 4 is 29.0 Å². The van der Waals surface area contributed by atoms with E-state index in [2.05, 4.69) is 10.6 Å². The van der Waals surface area contributed by atoms with E-state index in [-0.39, 0.29) is 11.7 Å². The van der Waals surface area contributed by atoms with E-state index in [9.17, 15) is 9.59 Å². The van der Waals surface area contributed by atoms with E-state index in [1.807, 2.05) is 24.3 Å². The fourth-order valence-corrected chi connectivity index (χ4v) is 2.31. The highest BCUT2D eigenvalue weighted by Gasteiger charge is 2.05. The average Bonchev–Trinajstić information content (AvgIpc) is 2.53. The lowest BCUT2D eigenvalue weighted by Gasteiger charge is -2.08. The van der Waals surface area contributed by atoms with Crippen LogP contribution < -0.4 is 10.6 Å². The summed E-state index contributed by atoms with van der Waals surface area (Å²) in [6, 6.07) is 14.5. The molecule has 0 unspecified atom stereocenters. The van der Waals surface area contributed by atoms with Crippen molar-refractivity contribution in [3.05, 3.63) is 64.7 Å². The molecule has 0 aliphatic heterocycles. The summed E-state index contributed by atoms with van der Waals surface area (Å²) in [5, 5.41) is 6.69. The van der Waals surface area contributed by atoms with Gasteiger partial charge in [0.2, 0.25) is 5.91 Å². The van der Waals surface area contributed by atoms with Gasteiger partial charge in [0.15, 0.2) is 5.78 Å². The van der Waals surface area contributed by atoms with Gasteiger partial charge < -0.3 is 10.6 Å². The maximum absolute atomic E-state index is 11.9. The molecule has 0 aliphatic rings. The Morgan fingerprint density at radius 2 is 1.87 bits per heavy atom. The van der Waals surface area contributed by atoms with Crippen LogP contribution >= 0.6 is 11.6 Å². The third-order valence-corrected chi connectivity index (χ3v) is 3.72. The molecule has 0 aromatic heterocycles. The molecule has 2 N–H and O–H groups in total. The summed E-state index contributed by atoms with van der Waals surface area (Å²) in [5.74, 6) is -0.125. The van der Waals surface area contributed by atoms with Gasteiger partial charge in [0.1, 0.15) is 0 Å². The summed E-state index contributed by atoms with van der Waals surface area (Å²) in [4.78, 5) is 23.2. The Morgan fingerprint density at radius 1 is 1.09 bits per heavy atom. The molecule has 0 aliphatic carbocycles. The highest BCUT2D eigenvalue weighted by atomic mass is 35.5. The van der Waals surface area contributed by atoms with E-state index >= 15 is 0 Å². The smallest absolute Gasteiger partial charge is 0.225 e. The molecule has 120 valence electrons. The number of Topliss-reactive ketones (excluding diaryl/α,β-unsaturated/α-hetero) is 1. The number of ketones is 1. The average molecular weight is 331 g/mol. The number of amides is 1. The summed E-state index contributed by atoms with van der Waals surface area (Å²) in [7, 11) is 0. The Bertz CT molecular complexity index is 701. The Labute approximate surface area is 140 Å². The topological polar surface area (TPSA) is 58.2 Å². The van der Waals surface area contributed by atoms with Gasteiger partial charge in [0, 0.05) is 35.8 Å². The third kappa shape index (κ3) is 5.51. The van der Waals surface area contributed by atoms with Gasteiger partial charge in [-0.25, -0.2) is 0 Å². The van der Waals surface area contributed by atoms with Crippen molar-refractivity contribution in [2.75, 3.05) is 11.9 Å². The minimum absolute atomic E-state index is 0.0255. The molecule has 0 spiro atoms. The van der Waals surface area contributed by atoms with Crippen molar-refractivity contribution in [2.45, 2.75) is 19.9 Å². The summed E-state index contributed by atoms with van der Waals surface area (Å²) in [6.45, 7) is 2.66. The number of nitrogens with one attached hydrogen (secondary N) is 2. The fraction of sp³-hybridized carbons (Fsp3) is 0.222. The van der Waals surface area contributed by atoms with Gasteiger partial charge in [-0.3, -0.25) is 9.59 Å². The number of carbonyl (C=O) groups is 2. The lowest BCUT2D eigenvalue weighted by Crippen LogP contribution is -2.21. The van der Waals surface area contributed by atoms with Crippen molar-refractivity contribution in [1.29, 1.82) is 0 Å². The van der Waals surface area contributed by atoms with Crippen LogP contribution in [-0.2, 0) is 11.3 Å². The van der Waals surface area contributed by atoms with E-state index in [0.29, 0.717) is 35.8 Å². The molecule has 0 atom stereocenters. The standard InChI is InChI=1S/C18H19ClN2O2/c1-13(22)14-6-4-7-16(11-14)21-18(23)9-10-20-12-15-5-2-3-8-17(15)19/h2-8,11,20H,9-10,12H2,1H3,(H,21,23). The molecule has 2 rings (SSSR count). The first kappa shape index (κ1) is 17.2. The zero-order valence-corrected chi connectivity index (χ0v) is 13.7. The molecule has 0 radical (unpaired) electrons. The molecule has 23 heavy (non-hydrogen) atoms. The highest BCUT2D eigenvalue weighted by Crippen LogP contribution is 2.14. The molecule has 5 heteroatoms. The van der Waals surface area contributed by atoms with E-state index in [1.54, 1.807) is 24.3 Å². The van der Waals surface area contributed by atoms with Crippen LogP contribution in [-0.4, -0.2) is 18.2 Å². The highest BCUT2D eigenvalue weighted by molar-refractivity contribution is 6.31. The largest absolute Gasteiger partial charge is 0.326 e. The predicted octanol–water partition coefficient (Wildman–Crippen LogP) is 3.66. The molecule has 2 aromatic rings. The monoisotopic (exact) mass is 330 g/mol. The molecule has 2 aromatic carbocycles. The van der Waals surface area contributed by atoms with Crippen molar-refractivity contribution in [3.8, 4) is 0 Å². The van der Waals surface area contributed by atoms with Crippen LogP contribution in [0.2, 0.25) is 5.02 Å². The van der Waals surface area contributed by atoms with Crippen molar-refractivity contribution in [3.63, 3.8) is 0 Å². The number of carbonyl (C=O) groups excluding carboxylic acids is 2. The molecule has 0 bridgehead atoms. The Kier molecular flexibility index (Phi) is 6.32. The normalized spacial score (nSPS) is 10.3. The van der Waals surface area contributed by atoms with Crippen molar-refractivity contribution in [1.82, 2.24) is 5.32 Å². The number of anilines is 1. The fourth-order valence-electron chi connectivity index (χ4n) is 2.11. The van der Waals surface area contributed by atoms with Gasteiger partial charge >= 0.3 is 0 Å². The van der Waals surface area contributed by atoms with Crippen molar-refractivity contribution in [2.24, 2.45) is 0 Å². The summed E-state index contributed by atoms with van der Waals surface area (Å²) in [5.41, 5.74) is 2.22. The molecular formula is C18H19ClN2O2. The van der Waals surface area contributed by atoms with Gasteiger partial charge in [0.25, 0.3) is 0 Å². The van der Waals surface area contributed by atoms with Gasteiger partial charge in [0.05, 0.1) is 0 Å². The molecule has 1 amide bonds. The zero-order valence-electron chi connectivity index (χ0n) is 12.9. The second kappa shape index (κ2) is 8.46. The Hall–Kier alpha value is -2.17. The molecule has 4 nitrogen and oxygen atoms in total. The van der Waals surface area contributed by atoms with Crippen LogP contribution in [0, 0.1) is 0 Å². The van der Waals surface area contributed by atoms with E-state index < -0.39 is 0 Å². The number of rotatable bonds is 7. The first-order valence-electron chi connectivity index (χ1n) is 7.41. The minimum Gasteiger partial charge on any atom is -0.326 e. The van der Waals surface area contributed by atoms with Crippen LogP contribution in [0.4, 0.5) is 5.69 Å². The SMILES string of the molecule is CC(=O)c1cccc(NC(=O)CCNCc2ccccc2Cl)c1. The Morgan fingerprint density at radius 3 is 2.61 bits per heavy atom. The van der Waals surface area contributed by atoms with Gasteiger partial charge in [-0.05, 0) is 30.7 Å².